The molecule has 3 fully saturated rings. The Morgan fingerprint density at radius 2 is 1.32 bits per heavy atom. The fraction of sp³-hybridized carbons (Fsp3) is 1.00. The third kappa shape index (κ3) is 3.16. The van der Waals surface area contributed by atoms with Crippen LogP contribution in [-0.4, -0.2) is 48.6 Å². The van der Waals surface area contributed by atoms with Gasteiger partial charge >= 0.3 is 0 Å². The fourth-order valence-electron chi connectivity index (χ4n) is 4.36. The average Bonchev–Trinajstić information content (AvgIpc) is 2.33. The first-order valence-corrected chi connectivity index (χ1v) is 8.74. The molecule has 0 amide bonds. The van der Waals surface area contributed by atoms with E-state index in [4.69, 9.17) is 0 Å². The zero-order valence-electron chi connectivity index (χ0n) is 13.0. The van der Waals surface area contributed by atoms with Crippen molar-refractivity contribution in [3.8, 4) is 0 Å². The van der Waals surface area contributed by atoms with Crippen LogP contribution in [0.15, 0.2) is 0 Å². The Labute approximate surface area is 119 Å². The molecule has 2 aliphatic carbocycles. The molecule has 0 atom stereocenters. The van der Waals surface area contributed by atoms with Gasteiger partial charge in [0.05, 0.1) is 0 Å². The standard InChI is InChI=1S/C17H32N2/c1-3-14-9-16(10-14)13-18-5-7-19(8-6-18)17-11-15(4-2)12-17/h14-17H,3-13H2,1-2H3. The van der Waals surface area contributed by atoms with Crippen LogP contribution in [0.3, 0.4) is 0 Å². The molecule has 0 aromatic rings. The summed E-state index contributed by atoms with van der Waals surface area (Å²) in [5.74, 6) is 3.14. The maximum atomic E-state index is 2.78. The van der Waals surface area contributed by atoms with E-state index in [1.54, 1.807) is 0 Å². The summed E-state index contributed by atoms with van der Waals surface area (Å²) in [6.07, 6.45) is 8.80. The van der Waals surface area contributed by atoms with Crippen LogP contribution in [-0.2, 0) is 0 Å². The molecule has 0 radical (unpaired) electrons. The normalized spacial score (nSPS) is 40.7. The molecule has 3 rings (SSSR count). The molecule has 3 aliphatic rings. The van der Waals surface area contributed by atoms with E-state index in [2.05, 4.69) is 23.6 Å². The molecule has 1 saturated heterocycles. The van der Waals surface area contributed by atoms with Gasteiger partial charge in [-0.05, 0) is 43.4 Å². The van der Waals surface area contributed by atoms with E-state index in [9.17, 15) is 0 Å². The Hall–Kier alpha value is -0.0800. The molecule has 2 nitrogen and oxygen atoms in total. The zero-order valence-corrected chi connectivity index (χ0v) is 13.0. The van der Waals surface area contributed by atoms with E-state index >= 15 is 0 Å². The Kier molecular flexibility index (Phi) is 4.48. The fourth-order valence-corrected chi connectivity index (χ4v) is 4.36. The first kappa shape index (κ1) is 13.9. The van der Waals surface area contributed by atoms with Crippen molar-refractivity contribution in [2.75, 3.05) is 32.7 Å². The van der Waals surface area contributed by atoms with Crippen LogP contribution >= 0.6 is 0 Å². The lowest BCUT2D eigenvalue weighted by atomic mass is 9.73. The number of piperazine rings is 1. The first-order chi connectivity index (χ1) is 9.28. The second kappa shape index (κ2) is 6.13. The maximum absolute atomic E-state index is 2.78. The second-order valence-electron chi connectivity index (χ2n) is 7.35. The summed E-state index contributed by atoms with van der Waals surface area (Å²) in [6.45, 7) is 11.4. The molecule has 0 aromatic heterocycles. The number of hydrogen-bond donors (Lipinski definition) is 0. The van der Waals surface area contributed by atoms with Gasteiger partial charge in [0.2, 0.25) is 0 Å². The van der Waals surface area contributed by atoms with Crippen molar-refractivity contribution >= 4 is 0 Å². The smallest absolute Gasteiger partial charge is 0.0113 e. The maximum Gasteiger partial charge on any atom is 0.0113 e. The highest BCUT2D eigenvalue weighted by molar-refractivity contribution is 4.89. The van der Waals surface area contributed by atoms with Crippen molar-refractivity contribution in [1.29, 1.82) is 0 Å². The van der Waals surface area contributed by atoms with E-state index in [-0.39, 0.29) is 0 Å². The lowest BCUT2D eigenvalue weighted by Gasteiger charge is -2.47. The van der Waals surface area contributed by atoms with Crippen LogP contribution in [0.25, 0.3) is 0 Å². The molecular formula is C17H32N2. The number of nitrogens with zero attached hydrogens (tertiary/aromatic N) is 2. The lowest BCUT2D eigenvalue weighted by Crippen LogP contribution is -2.55. The molecule has 1 heterocycles. The van der Waals surface area contributed by atoms with Gasteiger partial charge in [0, 0.05) is 38.8 Å². The minimum Gasteiger partial charge on any atom is -0.301 e. The highest BCUT2D eigenvalue weighted by Gasteiger charge is 2.35. The van der Waals surface area contributed by atoms with Crippen molar-refractivity contribution in [2.24, 2.45) is 17.8 Å². The molecule has 0 spiro atoms. The van der Waals surface area contributed by atoms with Crippen LogP contribution in [0.2, 0.25) is 0 Å². The quantitative estimate of drug-likeness (QED) is 0.752. The van der Waals surface area contributed by atoms with Gasteiger partial charge in [-0.3, -0.25) is 4.90 Å². The molecule has 0 N–H and O–H groups in total. The first-order valence-electron chi connectivity index (χ1n) is 8.74. The van der Waals surface area contributed by atoms with Gasteiger partial charge in [0.1, 0.15) is 0 Å². The average molecular weight is 264 g/mol. The second-order valence-corrected chi connectivity index (χ2v) is 7.35. The van der Waals surface area contributed by atoms with Gasteiger partial charge < -0.3 is 4.90 Å². The van der Waals surface area contributed by atoms with Gasteiger partial charge in [-0.15, -0.1) is 0 Å². The minimum atomic E-state index is 0.945. The Balaban J connectivity index is 1.32. The predicted molar refractivity (Wildman–Crippen MR) is 81.3 cm³/mol. The summed E-state index contributed by atoms with van der Waals surface area (Å²) >= 11 is 0. The Morgan fingerprint density at radius 3 is 1.89 bits per heavy atom. The molecular weight excluding hydrogens is 232 g/mol. The van der Waals surface area contributed by atoms with Crippen molar-refractivity contribution in [1.82, 2.24) is 9.80 Å². The molecule has 2 saturated carbocycles. The van der Waals surface area contributed by atoms with Crippen LogP contribution in [0, 0.1) is 17.8 Å². The highest BCUT2D eigenvalue weighted by Crippen LogP contribution is 2.37. The van der Waals surface area contributed by atoms with Crippen LogP contribution in [0.1, 0.15) is 52.4 Å². The van der Waals surface area contributed by atoms with Crippen LogP contribution in [0.4, 0.5) is 0 Å². The topological polar surface area (TPSA) is 6.48 Å². The largest absolute Gasteiger partial charge is 0.301 e. The predicted octanol–water partition coefficient (Wildman–Crippen LogP) is 3.23. The minimum absolute atomic E-state index is 0.945. The molecule has 19 heavy (non-hydrogen) atoms. The summed E-state index contributed by atoms with van der Waals surface area (Å²) < 4.78 is 0. The SMILES string of the molecule is CCC1CC(CN2CCN(C3CC(CC)C3)CC2)C1. The van der Waals surface area contributed by atoms with Gasteiger partial charge in [0.15, 0.2) is 0 Å². The summed E-state index contributed by atoms with van der Waals surface area (Å²) in [6, 6.07) is 0.945. The third-order valence-electron chi connectivity index (χ3n) is 6.14. The molecule has 0 unspecified atom stereocenters. The molecule has 110 valence electrons. The van der Waals surface area contributed by atoms with Gasteiger partial charge in [-0.1, -0.05) is 26.7 Å². The van der Waals surface area contributed by atoms with E-state index in [1.807, 2.05) is 0 Å². The summed E-state index contributed by atoms with van der Waals surface area (Å²) in [4.78, 5) is 5.52. The Bertz CT molecular complexity index is 271. The summed E-state index contributed by atoms with van der Waals surface area (Å²) in [7, 11) is 0. The van der Waals surface area contributed by atoms with E-state index in [0.29, 0.717) is 0 Å². The van der Waals surface area contributed by atoms with Crippen molar-refractivity contribution < 1.29 is 0 Å². The van der Waals surface area contributed by atoms with E-state index < -0.39 is 0 Å². The third-order valence-corrected chi connectivity index (χ3v) is 6.14. The summed E-state index contributed by atoms with van der Waals surface area (Å²) in [5.41, 5.74) is 0. The summed E-state index contributed by atoms with van der Waals surface area (Å²) in [5, 5.41) is 0. The van der Waals surface area contributed by atoms with Gasteiger partial charge in [-0.2, -0.15) is 0 Å². The van der Waals surface area contributed by atoms with E-state index in [1.165, 1.54) is 71.2 Å². The van der Waals surface area contributed by atoms with E-state index in [0.717, 1.165) is 23.8 Å². The van der Waals surface area contributed by atoms with Gasteiger partial charge in [0.25, 0.3) is 0 Å². The number of rotatable bonds is 5. The zero-order chi connectivity index (χ0) is 13.2. The number of hydrogen-bond acceptors (Lipinski definition) is 2. The van der Waals surface area contributed by atoms with Crippen LogP contribution < -0.4 is 0 Å². The lowest BCUT2D eigenvalue weighted by molar-refractivity contribution is 0.0187. The molecule has 1 aliphatic heterocycles. The highest BCUT2D eigenvalue weighted by atomic mass is 15.3. The van der Waals surface area contributed by atoms with Crippen molar-refractivity contribution in [3.63, 3.8) is 0 Å². The van der Waals surface area contributed by atoms with Crippen molar-refractivity contribution in [2.45, 2.75) is 58.4 Å². The Morgan fingerprint density at radius 1 is 0.737 bits per heavy atom. The molecule has 0 bridgehead atoms. The monoisotopic (exact) mass is 264 g/mol. The molecule has 2 heteroatoms. The van der Waals surface area contributed by atoms with Crippen molar-refractivity contribution in [3.05, 3.63) is 0 Å². The molecule has 0 aromatic carbocycles. The van der Waals surface area contributed by atoms with Gasteiger partial charge in [-0.25, -0.2) is 0 Å². The van der Waals surface area contributed by atoms with Crippen LogP contribution in [0.5, 0.6) is 0 Å².